The molecule has 1 amide bonds. The van der Waals surface area contributed by atoms with Crippen molar-refractivity contribution in [1.82, 2.24) is 5.32 Å². The molecule has 0 aromatic carbocycles. The Bertz CT molecular complexity index is 291. The number of rotatable bonds is 6. The van der Waals surface area contributed by atoms with E-state index in [1.54, 1.807) is 0 Å². The predicted octanol–water partition coefficient (Wildman–Crippen LogP) is 0.170. The summed E-state index contributed by atoms with van der Waals surface area (Å²) < 4.78 is 42.0. The van der Waals surface area contributed by atoms with E-state index in [9.17, 15) is 23.1 Å². The minimum Gasteiger partial charge on any atom is -0.388 e. The summed E-state index contributed by atoms with van der Waals surface area (Å²) in [6, 6.07) is 0. The Labute approximate surface area is 103 Å². The number of amides is 1. The Morgan fingerprint density at radius 2 is 1.89 bits per heavy atom. The molecule has 0 radical (unpaired) electrons. The number of halogens is 3. The first-order valence-electron chi connectivity index (χ1n) is 5.29. The van der Waals surface area contributed by atoms with E-state index in [4.69, 9.17) is 10.5 Å². The number of aliphatic hydroxyl groups is 1. The van der Waals surface area contributed by atoms with Crippen LogP contribution in [-0.4, -0.2) is 48.6 Å². The first-order chi connectivity index (χ1) is 7.94. The van der Waals surface area contributed by atoms with Gasteiger partial charge in [-0.1, -0.05) is 0 Å². The van der Waals surface area contributed by atoms with E-state index < -0.39 is 23.2 Å². The number of hydrogen-bond acceptors (Lipinski definition) is 4. The normalized spacial score (nSPS) is 18.9. The second kappa shape index (κ2) is 5.85. The molecule has 108 valence electrons. The molecule has 0 aromatic heterocycles. The van der Waals surface area contributed by atoms with Gasteiger partial charge in [-0.3, -0.25) is 4.79 Å². The number of hydrogen-bond donors (Lipinski definition) is 3. The molecule has 0 saturated heterocycles. The van der Waals surface area contributed by atoms with Crippen molar-refractivity contribution in [3.8, 4) is 0 Å². The summed E-state index contributed by atoms with van der Waals surface area (Å²) in [5.74, 6) is -1.38. The average molecular weight is 272 g/mol. The van der Waals surface area contributed by atoms with Crippen molar-refractivity contribution < 1.29 is 27.8 Å². The zero-order chi connectivity index (χ0) is 14.6. The molecule has 0 heterocycles. The highest BCUT2D eigenvalue weighted by Crippen LogP contribution is 2.28. The number of ether oxygens (including phenoxy) is 1. The summed E-state index contributed by atoms with van der Waals surface area (Å²) in [6.45, 7) is 1.85. The van der Waals surface area contributed by atoms with Crippen LogP contribution in [0.5, 0.6) is 0 Å². The Morgan fingerprint density at radius 1 is 1.39 bits per heavy atom. The molecule has 0 aliphatic rings. The van der Waals surface area contributed by atoms with Crippen LogP contribution in [0.3, 0.4) is 0 Å². The van der Waals surface area contributed by atoms with Gasteiger partial charge >= 0.3 is 6.18 Å². The highest BCUT2D eigenvalue weighted by atomic mass is 19.4. The average Bonchev–Trinajstić information content (AvgIpc) is 2.21. The quantitative estimate of drug-likeness (QED) is 0.643. The Kier molecular flexibility index (Phi) is 5.57. The van der Waals surface area contributed by atoms with Crippen molar-refractivity contribution in [2.24, 2.45) is 5.73 Å². The molecule has 2 unspecified atom stereocenters. The highest BCUT2D eigenvalue weighted by Gasteiger charge is 2.54. The minimum absolute atomic E-state index is 0.178. The van der Waals surface area contributed by atoms with Crippen molar-refractivity contribution in [3.05, 3.63) is 0 Å². The molecule has 0 aromatic rings. The van der Waals surface area contributed by atoms with Crippen LogP contribution in [-0.2, 0) is 9.53 Å². The lowest BCUT2D eigenvalue weighted by Crippen LogP contribution is -2.62. The molecule has 0 bridgehead atoms. The molecule has 0 saturated carbocycles. The van der Waals surface area contributed by atoms with Gasteiger partial charge in [0.2, 0.25) is 5.91 Å². The van der Waals surface area contributed by atoms with Gasteiger partial charge < -0.3 is 20.9 Å². The standard InChI is InChI=1S/C10H19F3N2O3/c1-8(17,4-5-18-3)6-15-7(16)9(2,14)10(11,12)13/h17H,4-6,14H2,1-3H3,(H,15,16). The molecule has 0 fully saturated rings. The largest absolute Gasteiger partial charge is 0.415 e. The topological polar surface area (TPSA) is 84.6 Å². The van der Waals surface area contributed by atoms with E-state index in [-0.39, 0.29) is 19.6 Å². The molecule has 0 aliphatic heterocycles. The number of alkyl halides is 3. The van der Waals surface area contributed by atoms with Crippen molar-refractivity contribution in [2.45, 2.75) is 37.6 Å². The van der Waals surface area contributed by atoms with E-state index in [0.717, 1.165) is 0 Å². The predicted molar refractivity (Wildman–Crippen MR) is 58.8 cm³/mol. The summed E-state index contributed by atoms with van der Waals surface area (Å²) in [5, 5.41) is 11.7. The Morgan fingerprint density at radius 3 is 2.28 bits per heavy atom. The van der Waals surface area contributed by atoms with Crippen LogP contribution in [0.1, 0.15) is 20.3 Å². The van der Waals surface area contributed by atoms with Crippen LogP contribution in [0.2, 0.25) is 0 Å². The zero-order valence-corrected chi connectivity index (χ0v) is 10.6. The fraction of sp³-hybridized carbons (Fsp3) is 0.900. The SMILES string of the molecule is COCCC(C)(O)CNC(=O)C(C)(N)C(F)(F)F. The second-order valence-electron chi connectivity index (χ2n) is 4.62. The minimum atomic E-state index is -4.85. The lowest BCUT2D eigenvalue weighted by Gasteiger charge is -2.29. The molecule has 2 atom stereocenters. The lowest BCUT2D eigenvalue weighted by atomic mass is 9.99. The van der Waals surface area contributed by atoms with Gasteiger partial charge in [-0.05, 0) is 13.8 Å². The lowest BCUT2D eigenvalue weighted by molar-refractivity contribution is -0.187. The monoisotopic (exact) mass is 272 g/mol. The van der Waals surface area contributed by atoms with E-state index in [0.29, 0.717) is 6.92 Å². The summed E-state index contributed by atoms with van der Waals surface area (Å²) in [4.78, 5) is 11.3. The summed E-state index contributed by atoms with van der Waals surface area (Å²) >= 11 is 0. The fourth-order valence-electron chi connectivity index (χ4n) is 0.993. The first-order valence-corrected chi connectivity index (χ1v) is 5.29. The molecule has 0 rings (SSSR count). The third kappa shape index (κ3) is 4.79. The number of nitrogens with two attached hydrogens (primary N) is 1. The van der Waals surface area contributed by atoms with Gasteiger partial charge in [0, 0.05) is 26.7 Å². The molecule has 5 nitrogen and oxygen atoms in total. The van der Waals surface area contributed by atoms with E-state index in [2.05, 4.69) is 0 Å². The molecular formula is C10H19F3N2O3. The zero-order valence-electron chi connectivity index (χ0n) is 10.6. The molecule has 0 aliphatic carbocycles. The van der Waals surface area contributed by atoms with E-state index in [1.807, 2.05) is 5.32 Å². The van der Waals surface area contributed by atoms with E-state index >= 15 is 0 Å². The second-order valence-corrected chi connectivity index (χ2v) is 4.62. The number of methoxy groups -OCH3 is 1. The van der Waals surface area contributed by atoms with Crippen LogP contribution < -0.4 is 11.1 Å². The fourth-order valence-corrected chi connectivity index (χ4v) is 0.993. The molecule has 18 heavy (non-hydrogen) atoms. The van der Waals surface area contributed by atoms with Gasteiger partial charge in [0.1, 0.15) is 0 Å². The van der Waals surface area contributed by atoms with Gasteiger partial charge in [0.05, 0.1) is 5.60 Å². The number of carbonyl (C=O) groups excluding carboxylic acids is 1. The van der Waals surface area contributed by atoms with Gasteiger partial charge in [-0.15, -0.1) is 0 Å². The molecular weight excluding hydrogens is 253 g/mol. The van der Waals surface area contributed by atoms with Crippen LogP contribution in [0.4, 0.5) is 13.2 Å². The van der Waals surface area contributed by atoms with Crippen molar-refractivity contribution in [3.63, 3.8) is 0 Å². The highest BCUT2D eigenvalue weighted by molar-refractivity contribution is 5.86. The Hall–Kier alpha value is -0.860. The summed E-state index contributed by atoms with van der Waals surface area (Å²) in [6.07, 6.45) is -4.67. The molecule has 0 spiro atoms. The van der Waals surface area contributed by atoms with E-state index in [1.165, 1.54) is 14.0 Å². The van der Waals surface area contributed by atoms with Gasteiger partial charge in [-0.2, -0.15) is 13.2 Å². The maximum atomic E-state index is 12.4. The van der Waals surface area contributed by atoms with Gasteiger partial charge in [0.25, 0.3) is 0 Å². The molecule has 4 N–H and O–H groups in total. The van der Waals surface area contributed by atoms with Crippen LogP contribution in [0.25, 0.3) is 0 Å². The summed E-state index contributed by atoms with van der Waals surface area (Å²) in [5.41, 5.74) is 0.588. The smallest absolute Gasteiger partial charge is 0.388 e. The van der Waals surface area contributed by atoms with Crippen molar-refractivity contribution >= 4 is 5.91 Å². The maximum Gasteiger partial charge on any atom is 0.415 e. The van der Waals surface area contributed by atoms with Crippen molar-refractivity contribution in [1.29, 1.82) is 0 Å². The third-order valence-electron chi connectivity index (χ3n) is 2.54. The van der Waals surface area contributed by atoms with Crippen LogP contribution >= 0.6 is 0 Å². The number of nitrogens with one attached hydrogen (secondary N) is 1. The third-order valence-corrected chi connectivity index (χ3v) is 2.54. The molecule has 8 heteroatoms. The first kappa shape index (κ1) is 17.1. The van der Waals surface area contributed by atoms with Crippen LogP contribution in [0, 0.1) is 0 Å². The summed E-state index contributed by atoms with van der Waals surface area (Å²) in [7, 11) is 1.43. The number of carbonyl (C=O) groups is 1. The van der Waals surface area contributed by atoms with Gasteiger partial charge in [-0.25, -0.2) is 0 Å². The van der Waals surface area contributed by atoms with Gasteiger partial charge in [0.15, 0.2) is 5.54 Å². The Balaban J connectivity index is 4.43. The maximum absolute atomic E-state index is 12.4. The van der Waals surface area contributed by atoms with Crippen molar-refractivity contribution in [2.75, 3.05) is 20.3 Å². The van der Waals surface area contributed by atoms with Crippen LogP contribution in [0.15, 0.2) is 0 Å².